The molecule has 0 radical (unpaired) electrons. The number of hydrogen-bond acceptors (Lipinski definition) is 2. The van der Waals surface area contributed by atoms with E-state index in [1.54, 1.807) is 50.3 Å². The van der Waals surface area contributed by atoms with Gasteiger partial charge in [-0.15, -0.1) is 0 Å². The van der Waals surface area contributed by atoms with Crippen molar-refractivity contribution in [2.24, 2.45) is 0 Å². The number of rotatable bonds is 5. The Morgan fingerprint density at radius 3 is 2.25 bits per heavy atom. The van der Waals surface area contributed by atoms with Crippen LogP contribution in [0.2, 0.25) is 0 Å². The molecule has 0 aromatic heterocycles. The van der Waals surface area contributed by atoms with Crippen molar-refractivity contribution in [3.63, 3.8) is 0 Å². The average Bonchev–Trinajstić information content (AvgIpc) is 2.39. The summed E-state index contributed by atoms with van der Waals surface area (Å²) < 4.78 is 0. The lowest BCUT2D eigenvalue weighted by Crippen LogP contribution is -2.28. The minimum atomic E-state index is -0.950. The molecule has 106 valence electrons. The number of hydrogen-bond donors (Lipinski definition) is 2. The van der Waals surface area contributed by atoms with E-state index in [0.717, 1.165) is 0 Å². The maximum absolute atomic E-state index is 11.6. The molecule has 4 heteroatoms. The molecule has 0 unspecified atom stereocenters. The zero-order chi connectivity index (χ0) is 15.2. The number of carbonyl (C=O) groups excluding carboxylic acids is 1. The molecular formula is C16H19NO3. The smallest absolute Gasteiger partial charge is 0.313 e. The fourth-order valence-electron chi connectivity index (χ4n) is 1.53. The van der Waals surface area contributed by atoms with Crippen LogP contribution in [-0.4, -0.2) is 17.0 Å². The van der Waals surface area contributed by atoms with Gasteiger partial charge in [0.2, 0.25) is 5.91 Å². The Morgan fingerprint density at radius 2 is 1.75 bits per heavy atom. The van der Waals surface area contributed by atoms with Gasteiger partial charge in [0.1, 0.15) is 0 Å². The number of benzene rings is 1. The minimum absolute atomic E-state index is 0.228. The average molecular weight is 273 g/mol. The lowest BCUT2D eigenvalue weighted by molar-refractivity contribution is -0.142. The van der Waals surface area contributed by atoms with Gasteiger partial charge >= 0.3 is 5.97 Å². The summed E-state index contributed by atoms with van der Waals surface area (Å²) in [4.78, 5) is 22.7. The molecule has 0 saturated heterocycles. The third-order valence-corrected chi connectivity index (χ3v) is 2.96. The SMILES string of the molecule is CC=CC=CC(=O)Nc1ccc(C(C)(C)C(=O)O)cc1. The van der Waals surface area contributed by atoms with Crippen molar-refractivity contribution in [2.45, 2.75) is 26.2 Å². The summed E-state index contributed by atoms with van der Waals surface area (Å²) in [7, 11) is 0. The summed E-state index contributed by atoms with van der Waals surface area (Å²) in [6.07, 6.45) is 6.66. The van der Waals surface area contributed by atoms with Crippen LogP contribution in [0.15, 0.2) is 48.6 Å². The second-order valence-electron chi connectivity index (χ2n) is 4.88. The normalized spacial score (nSPS) is 11.9. The third kappa shape index (κ3) is 4.09. The van der Waals surface area contributed by atoms with Crippen LogP contribution in [0.3, 0.4) is 0 Å². The Morgan fingerprint density at radius 1 is 1.15 bits per heavy atom. The molecule has 0 aliphatic heterocycles. The Balaban J connectivity index is 2.77. The van der Waals surface area contributed by atoms with Gasteiger partial charge in [0.15, 0.2) is 0 Å². The summed E-state index contributed by atoms with van der Waals surface area (Å²) in [6, 6.07) is 6.81. The van der Waals surface area contributed by atoms with Crippen molar-refractivity contribution in [3.8, 4) is 0 Å². The van der Waals surface area contributed by atoms with E-state index in [0.29, 0.717) is 11.3 Å². The first-order valence-electron chi connectivity index (χ1n) is 6.32. The molecule has 0 aliphatic carbocycles. The van der Waals surface area contributed by atoms with E-state index in [4.69, 9.17) is 5.11 Å². The molecule has 1 aromatic rings. The van der Waals surface area contributed by atoms with Crippen LogP contribution in [0.25, 0.3) is 0 Å². The quantitative estimate of drug-likeness (QED) is 0.640. The second kappa shape index (κ2) is 6.70. The van der Waals surface area contributed by atoms with Crippen LogP contribution >= 0.6 is 0 Å². The lowest BCUT2D eigenvalue weighted by atomic mass is 9.85. The zero-order valence-electron chi connectivity index (χ0n) is 11.9. The molecule has 0 bridgehead atoms. The van der Waals surface area contributed by atoms with Crippen molar-refractivity contribution in [2.75, 3.05) is 5.32 Å². The molecule has 20 heavy (non-hydrogen) atoms. The predicted octanol–water partition coefficient (Wildman–Crippen LogP) is 3.12. The van der Waals surface area contributed by atoms with Crippen LogP contribution in [0, 0.1) is 0 Å². The summed E-state index contributed by atoms with van der Waals surface area (Å²) >= 11 is 0. The highest BCUT2D eigenvalue weighted by atomic mass is 16.4. The summed E-state index contributed by atoms with van der Waals surface area (Å²) in [5.41, 5.74) is 0.367. The maximum Gasteiger partial charge on any atom is 0.313 e. The Labute approximate surface area is 118 Å². The molecule has 0 atom stereocenters. The topological polar surface area (TPSA) is 66.4 Å². The maximum atomic E-state index is 11.6. The van der Waals surface area contributed by atoms with Crippen molar-refractivity contribution >= 4 is 17.6 Å². The molecule has 0 saturated carbocycles. The van der Waals surface area contributed by atoms with Crippen molar-refractivity contribution < 1.29 is 14.7 Å². The zero-order valence-corrected chi connectivity index (χ0v) is 11.9. The van der Waals surface area contributed by atoms with E-state index in [2.05, 4.69) is 5.32 Å². The number of carbonyl (C=O) groups is 2. The highest BCUT2D eigenvalue weighted by Gasteiger charge is 2.29. The molecule has 1 aromatic carbocycles. The van der Waals surface area contributed by atoms with Gasteiger partial charge in [-0.05, 0) is 38.5 Å². The van der Waals surface area contributed by atoms with Gasteiger partial charge in [-0.1, -0.05) is 30.4 Å². The molecule has 1 rings (SSSR count). The van der Waals surface area contributed by atoms with Gasteiger partial charge in [-0.2, -0.15) is 0 Å². The molecule has 0 aliphatic rings. The molecular weight excluding hydrogens is 254 g/mol. The fourth-order valence-corrected chi connectivity index (χ4v) is 1.53. The van der Waals surface area contributed by atoms with Gasteiger partial charge in [0, 0.05) is 11.8 Å². The van der Waals surface area contributed by atoms with Crippen LogP contribution in [0.5, 0.6) is 0 Å². The van der Waals surface area contributed by atoms with Gasteiger partial charge in [-0.25, -0.2) is 0 Å². The Hall–Kier alpha value is -2.36. The van der Waals surface area contributed by atoms with Gasteiger partial charge in [0.05, 0.1) is 5.41 Å². The largest absolute Gasteiger partial charge is 0.481 e. The van der Waals surface area contributed by atoms with Crippen LogP contribution < -0.4 is 5.32 Å². The number of allylic oxidation sites excluding steroid dienone is 3. The fraction of sp³-hybridized carbons (Fsp3) is 0.250. The first-order valence-corrected chi connectivity index (χ1v) is 6.32. The van der Waals surface area contributed by atoms with E-state index in [1.807, 2.05) is 13.0 Å². The third-order valence-electron chi connectivity index (χ3n) is 2.96. The first-order chi connectivity index (χ1) is 9.37. The van der Waals surface area contributed by atoms with Crippen LogP contribution in [0.4, 0.5) is 5.69 Å². The van der Waals surface area contributed by atoms with E-state index in [-0.39, 0.29) is 5.91 Å². The van der Waals surface area contributed by atoms with Crippen LogP contribution in [-0.2, 0) is 15.0 Å². The Bertz CT molecular complexity index is 539. The monoisotopic (exact) mass is 273 g/mol. The van der Waals surface area contributed by atoms with Gasteiger partial charge in [0.25, 0.3) is 0 Å². The van der Waals surface area contributed by atoms with Crippen molar-refractivity contribution in [1.29, 1.82) is 0 Å². The standard InChI is InChI=1S/C16H19NO3/c1-4-5-6-7-14(18)17-13-10-8-12(9-11-13)16(2,3)15(19)20/h4-11H,1-3H3,(H,17,18)(H,19,20). The van der Waals surface area contributed by atoms with Crippen molar-refractivity contribution in [3.05, 3.63) is 54.1 Å². The molecule has 0 spiro atoms. The highest BCUT2D eigenvalue weighted by Crippen LogP contribution is 2.24. The first kappa shape index (κ1) is 15.7. The number of anilines is 1. The van der Waals surface area contributed by atoms with Gasteiger partial charge < -0.3 is 10.4 Å². The number of carboxylic acid groups (broad SMARTS) is 1. The summed E-state index contributed by atoms with van der Waals surface area (Å²) in [5.74, 6) is -1.11. The van der Waals surface area contributed by atoms with Crippen molar-refractivity contribution in [1.82, 2.24) is 0 Å². The highest BCUT2D eigenvalue weighted by molar-refractivity contribution is 5.99. The minimum Gasteiger partial charge on any atom is -0.481 e. The lowest BCUT2D eigenvalue weighted by Gasteiger charge is -2.19. The molecule has 2 N–H and O–H groups in total. The van der Waals surface area contributed by atoms with Gasteiger partial charge in [-0.3, -0.25) is 9.59 Å². The second-order valence-corrected chi connectivity index (χ2v) is 4.88. The summed E-state index contributed by atoms with van der Waals surface area (Å²) in [6.45, 7) is 5.15. The molecule has 4 nitrogen and oxygen atoms in total. The molecule has 1 amide bonds. The van der Waals surface area contributed by atoms with E-state index < -0.39 is 11.4 Å². The number of nitrogens with one attached hydrogen (secondary N) is 1. The molecule has 0 fully saturated rings. The summed E-state index contributed by atoms with van der Waals surface area (Å²) in [5, 5.41) is 11.8. The number of aliphatic carboxylic acids is 1. The van der Waals surface area contributed by atoms with Crippen LogP contribution in [0.1, 0.15) is 26.3 Å². The van der Waals surface area contributed by atoms with E-state index >= 15 is 0 Å². The van der Waals surface area contributed by atoms with E-state index in [1.165, 1.54) is 6.08 Å². The Kier molecular flexibility index (Phi) is 5.26. The number of carboxylic acids is 1. The van der Waals surface area contributed by atoms with E-state index in [9.17, 15) is 9.59 Å². The molecule has 0 heterocycles. The predicted molar refractivity (Wildman–Crippen MR) is 79.7 cm³/mol. The number of amides is 1.